The van der Waals surface area contributed by atoms with Crippen LogP contribution in [0, 0.1) is 5.92 Å². The van der Waals surface area contributed by atoms with E-state index in [2.05, 4.69) is 4.84 Å². The fraction of sp³-hybridized carbons (Fsp3) is 0.857. The SMILES string of the molecule is CON(C)C(=O)C(N)C(C)C. The van der Waals surface area contributed by atoms with E-state index < -0.39 is 6.04 Å². The van der Waals surface area contributed by atoms with E-state index in [0.717, 1.165) is 5.06 Å². The van der Waals surface area contributed by atoms with Crippen LogP contribution in [0.4, 0.5) is 0 Å². The zero-order valence-electron chi connectivity index (χ0n) is 7.50. The van der Waals surface area contributed by atoms with E-state index in [1.54, 1.807) is 7.05 Å². The van der Waals surface area contributed by atoms with Gasteiger partial charge in [0.25, 0.3) is 5.91 Å². The first kappa shape index (κ1) is 10.4. The maximum absolute atomic E-state index is 11.2. The number of hydrogen-bond donors (Lipinski definition) is 1. The Morgan fingerprint density at radius 3 is 2.27 bits per heavy atom. The minimum absolute atomic E-state index is 0.139. The summed E-state index contributed by atoms with van der Waals surface area (Å²) in [5.41, 5.74) is 5.57. The molecule has 0 saturated carbocycles. The molecule has 0 spiro atoms. The Labute approximate surface area is 67.3 Å². The van der Waals surface area contributed by atoms with Crippen molar-refractivity contribution >= 4 is 5.91 Å². The quantitative estimate of drug-likeness (QED) is 0.591. The van der Waals surface area contributed by atoms with Gasteiger partial charge in [-0.25, -0.2) is 5.06 Å². The Bertz CT molecular complexity index is 136. The minimum Gasteiger partial charge on any atom is -0.320 e. The predicted molar refractivity (Wildman–Crippen MR) is 42.6 cm³/mol. The molecule has 4 heteroatoms. The Morgan fingerprint density at radius 2 is 2.00 bits per heavy atom. The van der Waals surface area contributed by atoms with Crippen molar-refractivity contribution in [2.45, 2.75) is 19.9 Å². The van der Waals surface area contributed by atoms with Crippen molar-refractivity contribution in [1.29, 1.82) is 0 Å². The number of rotatable bonds is 3. The molecule has 0 radical (unpaired) electrons. The molecule has 0 saturated heterocycles. The van der Waals surface area contributed by atoms with Gasteiger partial charge in [-0.1, -0.05) is 13.8 Å². The maximum Gasteiger partial charge on any atom is 0.262 e. The second-order valence-electron chi connectivity index (χ2n) is 2.79. The number of carbonyl (C=O) groups is 1. The zero-order chi connectivity index (χ0) is 9.02. The minimum atomic E-state index is -0.472. The van der Waals surface area contributed by atoms with E-state index in [1.807, 2.05) is 13.8 Å². The van der Waals surface area contributed by atoms with Crippen molar-refractivity contribution < 1.29 is 9.63 Å². The van der Waals surface area contributed by atoms with Gasteiger partial charge in [0.05, 0.1) is 13.2 Å². The summed E-state index contributed by atoms with van der Waals surface area (Å²) >= 11 is 0. The molecule has 0 bridgehead atoms. The smallest absolute Gasteiger partial charge is 0.262 e. The molecule has 0 aromatic carbocycles. The molecular weight excluding hydrogens is 144 g/mol. The van der Waals surface area contributed by atoms with Gasteiger partial charge in [-0.05, 0) is 5.92 Å². The van der Waals surface area contributed by atoms with Gasteiger partial charge in [0.2, 0.25) is 0 Å². The molecule has 0 rings (SSSR count). The van der Waals surface area contributed by atoms with Crippen LogP contribution in [-0.2, 0) is 9.63 Å². The molecule has 4 nitrogen and oxygen atoms in total. The van der Waals surface area contributed by atoms with Crippen molar-refractivity contribution in [1.82, 2.24) is 5.06 Å². The Morgan fingerprint density at radius 1 is 1.55 bits per heavy atom. The van der Waals surface area contributed by atoms with Gasteiger partial charge in [0.15, 0.2) is 0 Å². The average molecular weight is 160 g/mol. The summed E-state index contributed by atoms with van der Waals surface area (Å²) in [4.78, 5) is 15.9. The van der Waals surface area contributed by atoms with Crippen LogP contribution in [0.5, 0.6) is 0 Å². The lowest BCUT2D eigenvalue weighted by Crippen LogP contribution is -2.44. The predicted octanol–water partition coefficient (Wildman–Crippen LogP) is -0.0105. The second-order valence-corrected chi connectivity index (χ2v) is 2.79. The van der Waals surface area contributed by atoms with Crippen LogP contribution in [0.2, 0.25) is 0 Å². The summed E-state index contributed by atoms with van der Waals surface area (Å²) < 4.78 is 0. The summed E-state index contributed by atoms with van der Waals surface area (Å²) in [5.74, 6) is -0.0531. The highest BCUT2D eigenvalue weighted by Gasteiger charge is 2.20. The van der Waals surface area contributed by atoms with Crippen molar-refractivity contribution in [2.75, 3.05) is 14.2 Å². The maximum atomic E-state index is 11.2. The number of likely N-dealkylation sites (N-methyl/N-ethyl adjacent to an activating group) is 1. The van der Waals surface area contributed by atoms with Crippen LogP contribution in [-0.4, -0.2) is 31.2 Å². The van der Waals surface area contributed by atoms with Gasteiger partial charge in [0.1, 0.15) is 0 Å². The van der Waals surface area contributed by atoms with Gasteiger partial charge in [-0.3, -0.25) is 9.63 Å². The van der Waals surface area contributed by atoms with E-state index in [1.165, 1.54) is 7.11 Å². The van der Waals surface area contributed by atoms with E-state index in [-0.39, 0.29) is 11.8 Å². The van der Waals surface area contributed by atoms with Crippen LogP contribution >= 0.6 is 0 Å². The number of nitrogens with two attached hydrogens (primary N) is 1. The third-order valence-corrected chi connectivity index (χ3v) is 1.59. The van der Waals surface area contributed by atoms with Crippen LogP contribution in [0.3, 0.4) is 0 Å². The number of amides is 1. The lowest BCUT2D eigenvalue weighted by Gasteiger charge is -2.20. The number of carbonyl (C=O) groups excluding carboxylic acids is 1. The van der Waals surface area contributed by atoms with Crippen LogP contribution in [0.1, 0.15) is 13.8 Å². The van der Waals surface area contributed by atoms with E-state index >= 15 is 0 Å². The molecule has 0 heterocycles. The van der Waals surface area contributed by atoms with E-state index in [0.29, 0.717) is 0 Å². The highest BCUT2D eigenvalue weighted by molar-refractivity contribution is 5.80. The molecule has 2 N–H and O–H groups in total. The first-order chi connectivity index (χ1) is 5.00. The van der Waals surface area contributed by atoms with Crippen molar-refractivity contribution in [3.05, 3.63) is 0 Å². The summed E-state index contributed by atoms with van der Waals surface area (Å²) in [6.45, 7) is 3.79. The molecule has 11 heavy (non-hydrogen) atoms. The molecule has 1 atom stereocenters. The van der Waals surface area contributed by atoms with Crippen LogP contribution < -0.4 is 5.73 Å². The van der Waals surface area contributed by atoms with Gasteiger partial charge >= 0.3 is 0 Å². The molecule has 0 aliphatic rings. The van der Waals surface area contributed by atoms with Crippen molar-refractivity contribution in [3.63, 3.8) is 0 Å². The first-order valence-corrected chi connectivity index (χ1v) is 3.58. The third-order valence-electron chi connectivity index (χ3n) is 1.59. The highest BCUT2D eigenvalue weighted by atomic mass is 16.7. The lowest BCUT2D eigenvalue weighted by molar-refractivity contribution is -0.171. The van der Waals surface area contributed by atoms with Gasteiger partial charge in [-0.15, -0.1) is 0 Å². The van der Waals surface area contributed by atoms with Crippen LogP contribution in [0.15, 0.2) is 0 Å². The summed E-state index contributed by atoms with van der Waals surface area (Å²) in [7, 11) is 2.98. The van der Waals surface area contributed by atoms with Crippen molar-refractivity contribution in [3.8, 4) is 0 Å². The molecule has 0 aromatic rings. The molecule has 66 valence electrons. The monoisotopic (exact) mass is 160 g/mol. The fourth-order valence-electron chi connectivity index (χ4n) is 0.585. The average Bonchev–Trinajstić information content (AvgIpc) is 2.00. The summed E-state index contributed by atoms with van der Waals surface area (Å²) in [5, 5.41) is 1.14. The topological polar surface area (TPSA) is 55.6 Å². The largest absolute Gasteiger partial charge is 0.320 e. The fourth-order valence-corrected chi connectivity index (χ4v) is 0.585. The molecule has 0 aromatic heterocycles. The van der Waals surface area contributed by atoms with E-state index in [9.17, 15) is 4.79 Å². The number of hydrogen-bond acceptors (Lipinski definition) is 3. The lowest BCUT2D eigenvalue weighted by atomic mass is 10.1. The zero-order valence-corrected chi connectivity index (χ0v) is 7.50. The number of hydroxylamine groups is 2. The van der Waals surface area contributed by atoms with Gasteiger partial charge in [0, 0.05) is 7.05 Å². The summed E-state index contributed by atoms with van der Waals surface area (Å²) in [6.07, 6.45) is 0. The molecule has 0 aliphatic heterocycles. The Balaban J connectivity index is 4.02. The van der Waals surface area contributed by atoms with Gasteiger partial charge in [-0.2, -0.15) is 0 Å². The standard InChI is InChI=1S/C7H16N2O2/c1-5(2)6(8)7(10)9(3)11-4/h5-6H,8H2,1-4H3. The second kappa shape index (κ2) is 4.31. The first-order valence-electron chi connectivity index (χ1n) is 3.58. The summed E-state index contributed by atoms with van der Waals surface area (Å²) in [6, 6.07) is -0.472. The Kier molecular flexibility index (Phi) is 4.07. The molecule has 1 amide bonds. The van der Waals surface area contributed by atoms with E-state index in [4.69, 9.17) is 5.73 Å². The normalized spacial score (nSPS) is 13.3. The third kappa shape index (κ3) is 2.86. The molecule has 0 fully saturated rings. The highest BCUT2D eigenvalue weighted by Crippen LogP contribution is 2.01. The van der Waals surface area contributed by atoms with Crippen LogP contribution in [0.25, 0.3) is 0 Å². The number of nitrogens with zero attached hydrogens (tertiary/aromatic N) is 1. The molecule has 1 unspecified atom stereocenters. The molecular formula is C7H16N2O2. The van der Waals surface area contributed by atoms with Gasteiger partial charge < -0.3 is 5.73 Å². The van der Waals surface area contributed by atoms with Crippen molar-refractivity contribution in [2.24, 2.45) is 11.7 Å². The Hall–Kier alpha value is -0.610. The molecule has 0 aliphatic carbocycles.